The first kappa shape index (κ1) is 11.5. The Morgan fingerprint density at radius 2 is 2.00 bits per heavy atom. The molecule has 2 rings (SSSR count). The minimum absolute atomic E-state index is 0.121. The van der Waals surface area contributed by atoms with Crippen molar-refractivity contribution in [2.75, 3.05) is 11.4 Å². The van der Waals surface area contributed by atoms with Gasteiger partial charge in [-0.05, 0) is 38.0 Å². The van der Waals surface area contributed by atoms with E-state index in [0.29, 0.717) is 12.0 Å². The fourth-order valence-corrected chi connectivity index (χ4v) is 2.49. The highest BCUT2D eigenvalue weighted by atomic mass is 15.2. The molecule has 1 aromatic carbocycles. The number of hydrogen-bond acceptors (Lipinski definition) is 2. The molecule has 0 fully saturated rings. The molecule has 0 amide bonds. The first-order valence-corrected chi connectivity index (χ1v) is 6.16. The van der Waals surface area contributed by atoms with Gasteiger partial charge in [0.15, 0.2) is 0 Å². The van der Waals surface area contributed by atoms with E-state index < -0.39 is 0 Å². The molecule has 0 saturated carbocycles. The predicted molar refractivity (Wildman–Crippen MR) is 69.9 cm³/mol. The van der Waals surface area contributed by atoms with Gasteiger partial charge in [0.05, 0.1) is 0 Å². The van der Waals surface area contributed by atoms with Gasteiger partial charge in [0.25, 0.3) is 0 Å². The molecule has 1 aliphatic heterocycles. The van der Waals surface area contributed by atoms with Crippen molar-refractivity contribution < 1.29 is 0 Å². The molecule has 1 heterocycles. The van der Waals surface area contributed by atoms with Crippen LogP contribution in [0.1, 0.15) is 50.8 Å². The van der Waals surface area contributed by atoms with Crippen LogP contribution >= 0.6 is 0 Å². The topological polar surface area (TPSA) is 29.3 Å². The van der Waals surface area contributed by atoms with Crippen LogP contribution in [0.4, 0.5) is 5.69 Å². The Kier molecular flexibility index (Phi) is 2.94. The number of anilines is 1. The zero-order chi connectivity index (χ0) is 11.9. The van der Waals surface area contributed by atoms with Crippen molar-refractivity contribution in [3.63, 3.8) is 0 Å². The molecule has 0 radical (unpaired) electrons. The van der Waals surface area contributed by atoms with Crippen LogP contribution in [0.2, 0.25) is 0 Å². The Bertz CT molecular complexity index is 382. The molecule has 2 N–H and O–H groups in total. The molecule has 88 valence electrons. The molecule has 0 bridgehead atoms. The largest absolute Gasteiger partial charge is 0.368 e. The maximum Gasteiger partial charge on any atom is 0.0408 e. The van der Waals surface area contributed by atoms with Crippen LogP contribution < -0.4 is 10.6 Å². The number of nitrogens with two attached hydrogens (primary N) is 1. The second-order valence-electron chi connectivity index (χ2n) is 5.25. The summed E-state index contributed by atoms with van der Waals surface area (Å²) in [6.45, 7) is 9.97. The van der Waals surface area contributed by atoms with E-state index in [1.807, 2.05) is 6.92 Å². The molecule has 16 heavy (non-hydrogen) atoms. The Morgan fingerprint density at radius 3 is 2.56 bits per heavy atom. The average molecular weight is 218 g/mol. The molecule has 1 aromatic rings. The summed E-state index contributed by atoms with van der Waals surface area (Å²) >= 11 is 0. The summed E-state index contributed by atoms with van der Waals surface area (Å²) in [6, 6.07) is 7.37. The van der Waals surface area contributed by atoms with Gasteiger partial charge in [0.2, 0.25) is 0 Å². The number of hydrogen-bond donors (Lipinski definition) is 1. The molecule has 0 saturated heterocycles. The van der Waals surface area contributed by atoms with E-state index in [4.69, 9.17) is 5.73 Å². The third-order valence-corrected chi connectivity index (χ3v) is 3.51. The lowest BCUT2D eigenvalue weighted by molar-refractivity contribution is 0.669. The van der Waals surface area contributed by atoms with Crippen LogP contribution in [-0.2, 0) is 0 Å². The summed E-state index contributed by atoms with van der Waals surface area (Å²) in [7, 11) is 0. The normalized spacial score (nSPS) is 21.4. The van der Waals surface area contributed by atoms with E-state index >= 15 is 0 Å². The summed E-state index contributed by atoms with van der Waals surface area (Å²) in [5.41, 5.74) is 10.0. The average Bonchev–Trinajstić information content (AvgIpc) is 2.56. The summed E-state index contributed by atoms with van der Waals surface area (Å²) in [4.78, 5) is 2.48. The van der Waals surface area contributed by atoms with Crippen molar-refractivity contribution in [3.05, 3.63) is 29.3 Å². The van der Waals surface area contributed by atoms with Gasteiger partial charge >= 0.3 is 0 Å². The number of rotatable bonds is 2. The second-order valence-corrected chi connectivity index (χ2v) is 5.25. The minimum Gasteiger partial charge on any atom is -0.368 e. The van der Waals surface area contributed by atoms with Crippen LogP contribution in [0.3, 0.4) is 0 Å². The lowest BCUT2D eigenvalue weighted by Gasteiger charge is -2.25. The van der Waals surface area contributed by atoms with Crippen LogP contribution in [0.15, 0.2) is 18.2 Å². The van der Waals surface area contributed by atoms with Crippen molar-refractivity contribution in [2.45, 2.75) is 45.7 Å². The van der Waals surface area contributed by atoms with Crippen LogP contribution in [0.25, 0.3) is 0 Å². The zero-order valence-corrected chi connectivity index (χ0v) is 10.7. The van der Waals surface area contributed by atoms with Crippen molar-refractivity contribution in [3.8, 4) is 0 Å². The van der Waals surface area contributed by atoms with Crippen molar-refractivity contribution in [1.29, 1.82) is 0 Å². The highest BCUT2D eigenvalue weighted by Gasteiger charge is 2.27. The quantitative estimate of drug-likeness (QED) is 0.826. The SMILES string of the molecule is CC(N)c1ccc2c(c1)N(C(C)C)CC2C. The molecule has 1 aliphatic rings. The predicted octanol–water partition coefficient (Wildman–Crippen LogP) is 3.04. The Labute approximate surface area is 98.4 Å². The maximum atomic E-state index is 5.95. The monoisotopic (exact) mass is 218 g/mol. The van der Waals surface area contributed by atoms with E-state index in [-0.39, 0.29) is 6.04 Å². The van der Waals surface area contributed by atoms with E-state index in [1.165, 1.54) is 16.8 Å². The Morgan fingerprint density at radius 1 is 1.31 bits per heavy atom. The van der Waals surface area contributed by atoms with Gasteiger partial charge in [0.1, 0.15) is 0 Å². The van der Waals surface area contributed by atoms with Crippen molar-refractivity contribution >= 4 is 5.69 Å². The molecule has 0 spiro atoms. The lowest BCUT2D eigenvalue weighted by atomic mass is 10.00. The third-order valence-electron chi connectivity index (χ3n) is 3.51. The number of fused-ring (bicyclic) bond motifs is 1. The van der Waals surface area contributed by atoms with Gasteiger partial charge in [-0.3, -0.25) is 0 Å². The van der Waals surface area contributed by atoms with Gasteiger partial charge in [-0.25, -0.2) is 0 Å². The fraction of sp³-hybridized carbons (Fsp3) is 0.571. The van der Waals surface area contributed by atoms with Gasteiger partial charge < -0.3 is 10.6 Å². The smallest absolute Gasteiger partial charge is 0.0408 e. The van der Waals surface area contributed by atoms with Gasteiger partial charge in [-0.15, -0.1) is 0 Å². The van der Waals surface area contributed by atoms with E-state index in [1.54, 1.807) is 0 Å². The summed E-state index contributed by atoms with van der Waals surface area (Å²) in [5.74, 6) is 0.638. The van der Waals surface area contributed by atoms with E-state index in [9.17, 15) is 0 Å². The highest BCUT2D eigenvalue weighted by molar-refractivity contribution is 5.62. The highest BCUT2D eigenvalue weighted by Crippen LogP contribution is 2.38. The molecular formula is C14H22N2. The van der Waals surface area contributed by atoms with E-state index in [0.717, 1.165) is 6.54 Å². The van der Waals surface area contributed by atoms with E-state index in [2.05, 4.69) is 43.9 Å². The zero-order valence-electron chi connectivity index (χ0n) is 10.7. The molecule has 0 aromatic heterocycles. The molecular weight excluding hydrogens is 196 g/mol. The fourth-order valence-electron chi connectivity index (χ4n) is 2.49. The summed E-state index contributed by atoms with van der Waals surface area (Å²) < 4.78 is 0. The first-order valence-electron chi connectivity index (χ1n) is 6.16. The maximum absolute atomic E-state index is 5.95. The first-order chi connectivity index (χ1) is 7.50. The molecule has 0 aliphatic carbocycles. The third kappa shape index (κ3) is 1.82. The van der Waals surface area contributed by atoms with Crippen molar-refractivity contribution in [2.24, 2.45) is 5.73 Å². The summed E-state index contributed by atoms with van der Waals surface area (Å²) in [6.07, 6.45) is 0. The molecule has 2 atom stereocenters. The minimum atomic E-state index is 0.121. The Balaban J connectivity index is 2.43. The second kappa shape index (κ2) is 4.10. The van der Waals surface area contributed by atoms with Crippen molar-refractivity contribution in [1.82, 2.24) is 0 Å². The molecule has 2 nitrogen and oxygen atoms in total. The van der Waals surface area contributed by atoms with Crippen LogP contribution in [0, 0.1) is 0 Å². The molecule has 2 heteroatoms. The number of nitrogens with zero attached hydrogens (tertiary/aromatic N) is 1. The van der Waals surface area contributed by atoms with Crippen LogP contribution in [0.5, 0.6) is 0 Å². The Hall–Kier alpha value is -1.02. The standard InChI is InChI=1S/C14H22N2/c1-9(2)16-8-10(3)13-6-5-12(11(4)15)7-14(13)16/h5-7,9-11H,8,15H2,1-4H3. The van der Waals surface area contributed by atoms with Gasteiger partial charge in [0, 0.05) is 30.2 Å². The summed E-state index contributed by atoms with van der Waals surface area (Å²) in [5, 5.41) is 0. The van der Waals surface area contributed by atoms with Crippen LogP contribution in [-0.4, -0.2) is 12.6 Å². The number of benzene rings is 1. The van der Waals surface area contributed by atoms with Gasteiger partial charge in [-0.1, -0.05) is 19.1 Å². The van der Waals surface area contributed by atoms with Gasteiger partial charge in [-0.2, -0.15) is 0 Å². The molecule has 2 unspecified atom stereocenters. The lowest BCUT2D eigenvalue weighted by Crippen LogP contribution is -2.29.